The molecule has 5 aliphatic carbocycles. The van der Waals surface area contributed by atoms with E-state index < -0.39 is 0 Å². The molecule has 0 radical (unpaired) electrons. The summed E-state index contributed by atoms with van der Waals surface area (Å²) in [5, 5.41) is 2.62. The number of hydrogen-bond acceptors (Lipinski definition) is 2. The van der Waals surface area contributed by atoms with Crippen LogP contribution in [0.2, 0.25) is 0 Å². The predicted octanol–water partition coefficient (Wildman–Crippen LogP) is 14.1. The van der Waals surface area contributed by atoms with Crippen LogP contribution >= 0.6 is 0 Å². The molecule has 2 nitrogen and oxygen atoms in total. The second-order valence-electron chi connectivity index (χ2n) is 17.2. The van der Waals surface area contributed by atoms with Gasteiger partial charge >= 0.3 is 0 Å². The second-order valence-corrected chi connectivity index (χ2v) is 17.2. The van der Waals surface area contributed by atoms with Crippen LogP contribution in [0.3, 0.4) is 0 Å². The minimum Gasteiger partial charge on any atom is -0.341 e. The lowest BCUT2D eigenvalue weighted by molar-refractivity contribution is 0.530. The van der Waals surface area contributed by atoms with Crippen molar-refractivity contribution in [2.45, 2.75) is 64.2 Å². The van der Waals surface area contributed by atoms with Crippen LogP contribution in [0.5, 0.6) is 0 Å². The minimum atomic E-state index is -0.150. The number of para-hydroxylation sites is 1. The molecule has 286 valence electrons. The average molecular weight is 761 g/mol. The number of benzene rings is 4. The molecule has 0 saturated heterocycles. The van der Waals surface area contributed by atoms with E-state index in [2.05, 4.69) is 181 Å². The maximum Gasteiger partial charge on any atom is 0.0530 e. The molecular formula is C57H48N2. The first kappa shape index (κ1) is 35.6. The van der Waals surface area contributed by atoms with Crippen LogP contribution in [-0.4, -0.2) is 11.4 Å². The van der Waals surface area contributed by atoms with Gasteiger partial charge in [-0.3, -0.25) is 0 Å². The van der Waals surface area contributed by atoms with E-state index in [0.29, 0.717) is 0 Å². The van der Waals surface area contributed by atoms with Crippen molar-refractivity contribution in [3.63, 3.8) is 0 Å². The van der Waals surface area contributed by atoms with E-state index in [4.69, 9.17) is 0 Å². The lowest BCUT2D eigenvalue weighted by Crippen LogP contribution is -2.25. The predicted molar refractivity (Wildman–Crippen MR) is 249 cm³/mol. The first-order chi connectivity index (χ1) is 29.0. The number of aryl methyl sites for hydroxylation is 1. The molecule has 4 aromatic rings. The van der Waals surface area contributed by atoms with Crippen LogP contribution in [0.1, 0.15) is 84.9 Å². The third-order valence-electron chi connectivity index (χ3n) is 13.5. The van der Waals surface area contributed by atoms with Crippen molar-refractivity contribution in [1.82, 2.24) is 4.90 Å². The summed E-state index contributed by atoms with van der Waals surface area (Å²) in [6.45, 7) is 10.0. The quantitative estimate of drug-likeness (QED) is 0.143. The largest absolute Gasteiger partial charge is 0.341 e. The van der Waals surface area contributed by atoms with Gasteiger partial charge in [-0.2, -0.15) is 0 Å². The topological polar surface area (TPSA) is 6.48 Å². The van der Waals surface area contributed by atoms with E-state index in [-0.39, 0.29) is 5.41 Å². The van der Waals surface area contributed by atoms with E-state index in [1.807, 2.05) is 6.08 Å². The Kier molecular flexibility index (Phi) is 8.49. The Hall–Kier alpha value is -6.56. The Morgan fingerprint density at radius 1 is 0.797 bits per heavy atom. The van der Waals surface area contributed by atoms with E-state index in [0.717, 1.165) is 50.6 Å². The average Bonchev–Trinajstić information content (AvgIpc) is 3.38. The zero-order valence-corrected chi connectivity index (χ0v) is 34.1. The van der Waals surface area contributed by atoms with E-state index in [1.165, 1.54) is 107 Å². The first-order valence-electron chi connectivity index (χ1n) is 21.5. The van der Waals surface area contributed by atoms with Gasteiger partial charge in [0.2, 0.25) is 0 Å². The molecule has 11 rings (SSSR count). The Balaban J connectivity index is 0.960. The Morgan fingerprint density at radius 2 is 1.59 bits per heavy atom. The van der Waals surface area contributed by atoms with Crippen molar-refractivity contribution in [3.05, 3.63) is 224 Å². The van der Waals surface area contributed by atoms with Crippen LogP contribution in [0, 0.1) is 0 Å². The van der Waals surface area contributed by atoms with Crippen LogP contribution in [0.25, 0.3) is 34.2 Å². The molecule has 7 aliphatic rings. The van der Waals surface area contributed by atoms with Crippen molar-refractivity contribution in [2.24, 2.45) is 0 Å². The highest BCUT2D eigenvalue weighted by molar-refractivity contribution is 6.01. The van der Waals surface area contributed by atoms with Gasteiger partial charge in [0.1, 0.15) is 0 Å². The van der Waals surface area contributed by atoms with Crippen molar-refractivity contribution in [3.8, 4) is 0 Å². The maximum atomic E-state index is 4.23. The standard InChI is InChI=1S/C57H48N2/c1-4-13-55(59-53-21-9-6-15-41(53)27-28-42-16-7-10-22-54(42)59)48-33-30-43-29-26-39(45-18-11-19-49(48)56(43)45)25-23-38-24-32-46-47-34-31-44(37-51(47)57(2,3)50(46)36-38)58-35-12-17-40-14-5-8-20-52(40)58/h4-8,11,13-16,18,20,23,25-31,33-34,36-37H,1,9-10,12,17,19,21-22,35H2,2-3H3/b25-23+,55-13+. The molecule has 4 aromatic carbocycles. The fourth-order valence-electron chi connectivity index (χ4n) is 10.6. The summed E-state index contributed by atoms with van der Waals surface area (Å²) < 4.78 is 0. The normalized spacial score (nSPS) is 19.6. The van der Waals surface area contributed by atoms with E-state index in [1.54, 1.807) is 0 Å². The minimum absolute atomic E-state index is 0.150. The van der Waals surface area contributed by atoms with Gasteiger partial charge in [0.25, 0.3) is 0 Å². The fourth-order valence-corrected chi connectivity index (χ4v) is 10.6. The Morgan fingerprint density at radius 3 is 2.41 bits per heavy atom. The summed E-state index contributed by atoms with van der Waals surface area (Å²) >= 11 is 0. The molecule has 0 atom stereocenters. The van der Waals surface area contributed by atoms with Gasteiger partial charge in [-0.25, -0.2) is 0 Å². The van der Waals surface area contributed by atoms with Gasteiger partial charge in [-0.05, 0) is 142 Å². The van der Waals surface area contributed by atoms with Crippen LogP contribution in [0.15, 0.2) is 185 Å². The van der Waals surface area contributed by atoms with E-state index >= 15 is 0 Å². The van der Waals surface area contributed by atoms with Gasteiger partial charge in [0.05, 0.1) is 5.70 Å². The molecule has 59 heavy (non-hydrogen) atoms. The third-order valence-corrected chi connectivity index (χ3v) is 13.5. The van der Waals surface area contributed by atoms with E-state index in [9.17, 15) is 0 Å². The molecule has 2 heterocycles. The van der Waals surface area contributed by atoms with Crippen LogP contribution in [0.4, 0.5) is 11.4 Å². The molecule has 0 N–H and O–H groups in total. The van der Waals surface area contributed by atoms with Crippen molar-refractivity contribution < 1.29 is 0 Å². The highest BCUT2D eigenvalue weighted by Gasteiger charge is 2.39. The maximum absolute atomic E-state index is 4.23. The number of anilines is 2. The van der Waals surface area contributed by atoms with Gasteiger partial charge < -0.3 is 9.80 Å². The second kappa shape index (κ2) is 14.1. The molecular weight excluding hydrogens is 713 g/mol. The SMILES string of the molecule is C=C/C=C(\c1ccc2ccc(/C=C/C3=C=C=C4C(=C3)C(C)(C)c3cc(N5CCCc6ccccc65)ccc34)c3c2c1CC=C3)N1C2=C(C=CCC2)C=CC2=C1CCC=C2. The summed E-state index contributed by atoms with van der Waals surface area (Å²) in [6, 6.07) is 25.2. The summed E-state index contributed by atoms with van der Waals surface area (Å²) in [5.74, 6) is 0. The summed E-state index contributed by atoms with van der Waals surface area (Å²) in [6.07, 6.45) is 37.0. The van der Waals surface area contributed by atoms with Gasteiger partial charge in [0.15, 0.2) is 0 Å². The molecule has 0 saturated carbocycles. The summed E-state index contributed by atoms with van der Waals surface area (Å²) in [5.41, 5.74) is 29.0. The summed E-state index contributed by atoms with van der Waals surface area (Å²) in [7, 11) is 0. The number of allylic oxidation sites excluding steroid dienone is 18. The van der Waals surface area contributed by atoms with Crippen LogP contribution < -0.4 is 4.90 Å². The molecule has 0 amide bonds. The highest BCUT2D eigenvalue weighted by atomic mass is 15.2. The molecule has 0 aromatic heterocycles. The van der Waals surface area contributed by atoms with Crippen molar-refractivity contribution in [1.29, 1.82) is 0 Å². The fraction of sp³-hybridized carbons (Fsp3) is 0.193. The first-order valence-corrected chi connectivity index (χ1v) is 21.5. The third kappa shape index (κ3) is 5.78. The number of rotatable bonds is 6. The van der Waals surface area contributed by atoms with Gasteiger partial charge in [-0.15, -0.1) is 0 Å². The lowest BCUT2D eigenvalue weighted by Gasteiger charge is -2.36. The van der Waals surface area contributed by atoms with Crippen molar-refractivity contribution in [2.75, 3.05) is 11.4 Å². The molecule has 0 unspecified atom stereocenters. The Labute approximate surface area is 349 Å². The molecule has 2 aliphatic heterocycles. The monoisotopic (exact) mass is 760 g/mol. The molecule has 0 fully saturated rings. The van der Waals surface area contributed by atoms with Gasteiger partial charge in [0, 0.05) is 51.4 Å². The zero-order chi connectivity index (χ0) is 39.7. The molecule has 0 bridgehead atoms. The van der Waals surface area contributed by atoms with Crippen LogP contribution in [-0.2, 0) is 18.3 Å². The number of fused-ring (bicyclic) bond motifs is 4. The zero-order valence-electron chi connectivity index (χ0n) is 34.1. The number of hydrogen-bond donors (Lipinski definition) is 0. The smallest absolute Gasteiger partial charge is 0.0530 e. The summed E-state index contributed by atoms with van der Waals surface area (Å²) in [4.78, 5) is 5.10. The number of nitrogens with zero attached hydrogens (tertiary/aromatic N) is 2. The highest BCUT2D eigenvalue weighted by Crippen LogP contribution is 2.52. The molecule has 2 heteroatoms. The van der Waals surface area contributed by atoms with Crippen molar-refractivity contribution >= 4 is 45.6 Å². The Bertz CT molecular complexity index is 2900. The molecule has 0 spiro atoms. The lowest BCUT2D eigenvalue weighted by atomic mass is 9.80. The van der Waals surface area contributed by atoms with Gasteiger partial charge in [-0.1, -0.05) is 141 Å².